The molecular weight excluding hydrogens is 334 g/mol. The highest BCUT2D eigenvalue weighted by Crippen LogP contribution is 2.28. The van der Waals surface area contributed by atoms with E-state index >= 15 is 0 Å². The van der Waals surface area contributed by atoms with Crippen LogP contribution in [0.25, 0.3) is 0 Å². The minimum Gasteiger partial charge on any atom is -0.394 e. The third-order valence-corrected chi connectivity index (χ3v) is 4.09. The van der Waals surface area contributed by atoms with Gasteiger partial charge in [0.1, 0.15) is 48.8 Å². The molecule has 0 radical (unpaired) electrons. The van der Waals surface area contributed by atoms with E-state index in [1.807, 2.05) is 0 Å². The number of hydrogen-bond acceptors (Lipinski definition) is 12. The molecule has 9 N–H and O–H groups in total. The van der Waals surface area contributed by atoms with E-state index in [1.165, 1.54) is 0 Å². The number of aliphatic hydroxyl groups is 7. The maximum absolute atomic E-state index is 10.1. The van der Waals surface area contributed by atoms with Crippen LogP contribution in [0.15, 0.2) is 0 Å². The second kappa shape index (κ2) is 8.27. The average molecular weight is 357 g/mol. The van der Waals surface area contributed by atoms with Crippen LogP contribution >= 0.6 is 0 Å². The van der Waals surface area contributed by atoms with Crippen LogP contribution in [-0.4, -0.2) is 110 Å². The van der Waals surface area contributed by atoms with Crippen LogP contribution in [0.2, 0.25) is 0 Å². The van der Waals surface area contributed by atoms with Crippen LogP contribution in [-0.2, 0) is 19.0 Å². The molecule has 12 heteroatoms. The summed E-state index contributed by atoms with van der Waals surface area (Å²) in [6.07, 6.45) is -15.0. The van der Waals surface area contributed by atoms with Gasteiger partial charge in [-0.15, -0.1) is 0 Å². The van der Waals surface area contributed by atoms with Crippen molar-refractivity contribution in [2.45, 2.75) is 61.4 Å². The number of rotatable bonds is 5. The fourth-order valence-electron chi connectivity index (χ4n) is 2.67. The fraction of sp³-hybridized carbons (Fsp3) is 1.00. The number of hydrogen-bond donors (Lipinski definition) is 8. The standard InChI is InChI=1S/C12H23NO11/c13-24-12-9(20)7(18)10(4(2-15)22-12)23-11-8(19)6(17)5(16)3(1-14)21-11/h3-12,14-20H,1-2,13H2/t3?,4?,5-,6?,7?,8?,9?,10+,11-,12-/m0/s1. The summed E-state index contributed by atoms with van der Waals surface area (Å²) in [4.78, 5) is 4.35. The molecule has 142 valence electrons. The van der Waals surface area contributed by atoms with Gasteiger partial charge < -0.3 is 50.0 Å². The monoisotopic (exact) mass is 357 g/mol. The summed E-state index contributed by atoms with van der Waals surface area (Å²) in [6, 6.07) is 0. The van der Waals surface area contributed by atoms with Crippen molar-refractivity contribution in [3.05, 3.63) is 0 Å². The van der Waals surface area contributed by atoms with E-state index in [9.17, 15) is 30.6 Å². The molecule has 0 bridgehead atoms. The van der Waals surface area contributed by atoms with Crippen molar-refractivity contribution in [3.8, 4) is 0 Å². The lowest BCUT2D eigenvalue weighted by Crippen LogP contribution is -2.64. The van der Waals surface area contributed by atoms with E-state index in [0.717, 1.165) is 0 Å². The molecule has 12 nitrogen and oxygen atoms in total. The molecule has 0 aromatic carbocycles. The summed E-state index contributed by atoms with van der Waals surface area (Å²) in [5.74, 6) is 4.92. The first-order valence-electron chi connectivity index (χ1n) is 7.29. The minimum absolute atomic E-state index is 0.647. The van der Waals surface area contributed by atoms with E-state index in [-0.39, 0.29) is 0 Å². The molecule has 2 heterocycles. The van der Waals surface area contributed by atoms with Crippen LogP contribution in [0.3, 0.4) is 0 Å². The van der Waals surface area contributed by atoms with Crippen LogP contribution in [0.5, 0.6) is 0 Å². The SMILES string of the molecule is NO[C@@H]1OC(CO)[C@@H](O[C@@H]2OC(CO)[C@H](O)C(O)C2O)C(O)C1O. The van der Waals surface area contributed by atoms with Gasteiger partial charge in [0.05, 0.1) is 13.2 Å². The first-order valence-corrected chi connectivity index (χ1v) is 7.29. The van der Waals surface area contributed by atoms with Gasteiger partial charge in [-0.1, -0.05) is 0 Å². The topological polar surface area (TPSA) is 205 Å². The molecule has 2 aliphatic rings. The van der Waals surface area contributed by atoms with Gasteiger partial charge in [0.25, 0.3) is 0 Å². The number of nitrogens with two attached hydrogens (primary N) is 1. The van der Waals surface area contributed by atoms with Crippen molar-refractivity contribution >= 4 is 0 Å². The molecule has 0 aliphatic carbocycles. The lowest BCUT2D eigenvalue weighted by molar-refractivity contribution is -0.360. The lowest BCUT2D eigenvalue weighted by Gasteiger charge is -2.45. The Morgan fingerprint density at radius 3 is 1.79 bits per heavy atom. The van der Waals surface area contributed by atoms with Gasteiger partial charge in [0.15, 0.2) is 6.29 Å². The van der Waals surface area contributed by atoms with Gasteiger partial charge in [0, 0.05) is 0 Å². The number of aliphatic hydroxyl groups excluding tert-OH is 7. The van der Waals surface area contributed by atoms with Gasteiger partial charge in [0.2, 0.25) is 6.29 Å². The Morgan fingerprint density at radius 1 is 0.708 bits per heavy atom. The third kappa shape index (κ3) is 3.70. The summed E-state index contributed by atoms with van der Waals surface area (Å²) in [5, 5.41) is 67.8. The maximum Gasteiger partial charge on any atom is 0.206 e. The molecule has 0 spiro atoms. The smallest absolute Gasteiger partial charge is 0.206 e. The van der Waals surface area contributed by atoms with E-state index in [2.05, 4.69) is 4.84 Å². The van der Waals surface area contributed by atoms with Crippen molar-refractivity contribution < 1.29 is 54.8 Å². The first-order chi connectivity index (χ1) is 11.3. The first kappa shape index (κ1) is 19.8. The predicted octanol–water partition coefficient (Wildman–Crippen LogP) is -5.50. The molecule has 10 atom stereocenters. The zero-order valence-corrected chi connectivity index (χ0v) is 12.5. The quantitative estimate of drug-likeness (QED) is 0.217. The van der Waals surface area contributed by atoms with Gasteiger partial charge in [-0.2, -0.15) is 0 Å². The molecule has 2 rings (SSSR count). The summed E-state index contributed by atoms with van der Waals surface area (Å²) in [6.45, 7) is -1.31. The zero-order valence-electron chi connectivity index (χ0n) is 12.5. The molecular formula is C12H23NO11. The van der Waals surface area contributed by atoms with Crippen LogP contribution in [0, 0.1) is 0 Å². The van der Waals surface area contributed by atoms with Gasteiger partial charge >= 0.3 is 0 Å². The molecule has 24 heavy (non-hydrogen) atoms. The van der Waals surface area contributed by atoms with Gasteiger partial charge in [-0.3, -0.25) is 4.84 Å². The van der Waals surface area contributed by atoms with E-state index < -0.39 is 74.6 Å². The Hall–Kier alpha value is -0.480. The Balaban J connectivity index is 2.12. The maximum atomic E-state index is 10.1. The summed E-state index contributed by atoms with van der Waals surface area (Å²) in [5.41, 5.74) is 0. The van der Waals surface area contributed by atoms with Gasteiger partial charge in [-0.25, -0.2) is 5.90 Å². The lowest BCUT2D eigenvalue weighted by atomic mass is 9.97. The number of ether oxygens (including phenoxy) is 3. The molecule has 2 fully saturated rings. The Kier molecular flexibility index (Phi) is 6.83. The second-order valence-corrected chi connectivity index (χ2v) is 5.64. The van der Waals surface area contributed by atoms with Crippen molar-refractivity contribution in [1.82, 2.24) is 0 Å². The predicted molar refractivity (Wildman–Crippen MR) is 71.7 cm³/mol. The van der Waals surface area contributed by atoms with Crippen LogP contribution < -0.4 is 5.90 Å². The molecule has 0 aromatic heterocycles. The normalized spacial score (nSPS) is 50.0. The fourth-order valence-corrected chi connectivity index (χ4v) is 2.67. The van der Waals surface area contributed by atoms with Crippen LogP contribution in [0.1, 0.15) is 0 Å². The zero-order chi connectivity index (χ0) is 18.0. The highest BCUT2D eigenvalue weighted by molar-refractivity contribution is 4.93. The Bertz CT molecular complexity index is 397. The van der Waals surface area contributed by atoms with E-state index in [0.29, 0.717) is 0 Å². The van der Waals surface area contributed by atoms with Crippen molar-refractivity contribution in [2.75, 3.05) is 13.2 Å². The molecule has 2 aliphatic heterocycles. The highest BCUT2D eigenvalue weighted by atomic mass is 16.8. The molecule has 2 saturated heterocycles. The largest absolute Gasteiger partial charge is 0.394 e. The molecule has 0 saturated carbocycles. The highest BCUT2D eigenvalue weighted by Gasteiger charge is 2.50. The summed E-state index contributed by atoms with van der Waals surface area (Å²) in [7, 11) is 0. The molecule has 0 aromatic rings. The second-order valence-electron chi connectivity index (χ2n) is 5.64. The van der Waals surface area contributed by atoms with Gasteiger partial charge in [-0.05, 0) is 0 Å². The van der Waals surface area contributed by atoms with E-state index in [4.69, 9.17) is 25.2 Å². The third-order valence-electron chi connectivity index (χ3n) is 4.09. The van der Waals surface area contributed by atoms with Crippen LogP contribution in [0.4, 0.5) is 0 Å². The van der Waals surface area contributed by atoms with Crippen molar-refractivity contribution in [3.63, 3.8) is 0 Å². The van der Waals surface area contributed by atoms with Crippen molar-refractivity contribution in [2.24, 2.45) is 5.90 Å². The molecule has 0 amide bonds. The minimum atomic E-state index is -1.71. The Labute approximate surface area is 136 Å². The average Bonchev–Trinajstić information content (AvgIpc) is 2.59. The van der Waals surface area contributed by atoms with E-state index in [1.54, 1.807) is 0 Å². The van der Waals surface area contributed by atoms with Crippen molar-refractivity contribution in [1.29, 1.82) is 0 Å². The summed E-state index contributed by atoms with van der Waals surface area (Å²) >= 11 is 0. The molecule has 6 unspecified atom stereocenters. The summed E-state index contributed by atoms with van der Waals surface area (Å²) < 4.78 is 15.6. The Morgan fingerprint density at radius 2 is 1.25 bits per heavy atom.